The van der Waals surface area contributed by atoms with Gasteiger partial charge in [0, 0.05) is 23.3 Å². The van der Waals surface area contributed by atoms with Gasteiger partial charge >= 0.3 is 0 Å². The van der Waals surface area contributed by atoms with Gasteiger partial charge in [0.15, 0.2) is 0 Å². The van der Waals surface area contributed by atoms with Gasteiger partial charge in [-0.2, -0.15) is 4.98 Å². The van der Waals surface area contributed by atoms with Gasteiger partial charge in [0.1, 0.15) is 5.82 Å². The minimum absolute atomic E-state index is 0.0000358. The van der Waals surface area contributed by atoms with Crippen LogP contribution in [0.4, 0.5) is 4.39 Å². The lowest BCUT2D eigenvalue weighted by Crippen LogP contribution is -2.31. The Labute approximate surface area is 155 Å². The lowest BCUT2D eigenvalue weighted by atomic mass is 10.0. The molecule has 2 aromatic heterocycles. The first-order valence-electron chi connectivity index (χ1n) is 8.44. The Morgan fingerprint density at radius 3 is 2.69 bits per heavy atom. The number of carbonyl (C=O) groups excluding carboxylic acids is 1. The van der Waals surface area contributed by atoms with Crippen LogP contribution in [0.1, 0.15) is 37.1 Å². The highest BCUT2D eigenvalue weighted by Gasteiger charge is 2.19. The van der Waals surface area contributed by atoms with Crippen LogP contribution in [0.25, 0.3) is 11.4 Å². The summed E-state index contributed by atoms with van der Waals surface area (Å²) >= 11 is 1.64. The molecule has 0 fully saturated rings. The van der Waals surface area contributed by atoms with E-state index in [1.54, 1.807) is 23.5 Å². The molecule has 1 amide bonds. The van der Waals surface area contributed by atoms with E-state index in [4.69, 9.17) is 4.52 Å². The molecule has 0 saturated carbocycles. The highest BCUT2D eigenvalue weighted by atomic mass is 32.1. The summed E-state index contributed by atoms with van der Waals surface area (Å²) in [6.45, 7) is 4.16. The number of thiophene rings is 1. The minimum atomic E-state index is -0.320. The molecule has 0 aliphatic carbocycles. The standard InChI is InChI=1S/C19H20FN3O2S/c1-12(2)18(15-4-3-11-26-15)21-16(24)9-10-17-22-19(23-25-17)13-5-7-14(20)8-6-13/h3-8,11-12,18H,9-10H2,1-2H3,(H,21,24)/t18-/m1/s1. The number of nitrogens with zero attached hydrogens (tertiary/aromatic N) is 2. The average molecular weight is 373 g/mol. The number of nitrogens with one attached hydrogen (secondary N) is 1. The fourth-order valence-corrected chi connectivity index (χ4v) is 3.52. The summed E-state index contributed by atoms with van der Waals surface area (Å²) in [4.78, 5) is 17.7. The van der Waals surface area contributed by atoms with Gasteiger partial charge < -0.3 is 9.84 Å². The molecule has 1 N–H and O–H groups in total. The minimum Gasteiger partial charge on any atom is -0.348 e. The molecule has 0 radical (unpaired) electrons. The van der Waals surface area contributed by atoms with Crippen LogP contribution in [0.15, 0.2) is 46.3 Å². The van der Waals surface area contributed by atoms with E-state index in [2.05, 4.69) is 29.3 Å². The Morgan fingerprint density at radius 1 is 1.27 bits per heavy atom. The maximum Gasteiger partial charge on any atom is 0.227 e. The number of hydrogen-bond donors (Lipinski definition) is 1. The Hall–Kier alpha value is -2.54. The molecular weight excluding hydrogens is 353 g/mol. The van der Waals surface area contributed by atoms with E-state index in [0.29, 0.717) is 29.6 Å². The van der Waals surface area contributed by atoms with Crippen molar-refractivity contribution in [1.82, 2.24) is 15.5 Å². The third kappa shape index (κ3) is 4.54. The Kier molecular flexibility index (Phi) is 5.78. The Morgan fingerprint density at radius 2 is 2.04 bits per heavy atom. The van der Waals surface area contributed by atoms with E-state index in [1.807, 2.05) is 17.5 Å². The number of aromatic nitrogens is 2. The number of benzene rings is 1. The third-order valence-corrected chi connectivity index (χ3v) is 4.92. The van der Waals surface area contributed by atoms with Crippen LogP contribution in [0.5, 0.6) is 0 Å². The summed E-state index contributed by atoms with van der Waals surface area (Å²) in [6, 6.07) is 9.88. The zero-order chi connectivity index (χ0) is 18.5. The third-order valence-electron chi connectivity index (χ3n) is 3.97. The summed E-state index contributed by atoms with van der Waals surface area (Å²) in [7, 11) is 0. The number of hydrogen-bond acceptors (Lipinski definition) is 5. The van der Waals surface area contributed by atoms with E-state index in [9.17, 15) is 9.18 Å². The maximum absolute atomic E-state index is 13.0. The predicted molar refractivity (Wildman–Crippen MR) is 98.1 cm³/mol. The molecule has 3 aromatic rings. The summed E-state index contributed by atoms with van der Waals surface area (Å²) in [5, 5.41) is 8.97. The first-order chi connectivity index (χ1) is 12.5. The molecule has 0 saturated heterocycles. The first-order valence-corrected chi connectivity index (χ1v) is 9.32. The maximum atomic E-state index is 13.0. The van der Waals surface area contributed by atoms with Crippen molar-refractivity contribution in [1.29, 1.82) is 0 Å². The van der Waals surface area contributed by atoms with Crippen molar-refractivity contribution < 1.29 is 13.7 Å². The van der Waals surface area contributed by atoms with Crippen LogP contribution in [-0.4, -0.2) is 16.0 Å². The fourth-order valence-electron chi connectivity index (χ4n) is 2.57. The molecule has 0 aliphatic heterocycles. The molecule has 136 valence electrons. The molecule has 1 aromatic carbocycles. The fraction of sp³-hybridized carbons (Fsp3) is 0.316. The number of carbonyl (C=O) groups is 1. The second-order valence-electron chi connectivity index (χ2n) is 6.32. The molecule has 0 aliphatic rings. The van der Waals surface area contributed by atoms with Gasteiger partial charge in [-0.3, -0.25) is 4.79 Å². The van der Waals surface area contributed by atoms with E-state index in [-0.39, 0.29) is 24.2 Å². The molecule has 0 spiro atoms. The predicted octanol–water partition coefficient (Wildman–Crippen LogP) is 4.38. The van der Waals surface area contributed by atoms with Gasteiger partial charge in [0.05, 0.1) is 6.04 Å². The van der Waals surface area contributed by atoms with Crippen molar-refractivity contribution in [2.45, 2.75) is 32.7 Å². The molecule has 7 heteroatoms. The molecule has 1 atom stereocenters. The van der Waals surface area contributed by atoms with Crippen LogP contribution < -0.4 is 5.32 Å². The Bertz CT molecular complexity index is 844. The van der Waals surface area contributed by atoms with Gasteiger partial charge in [0.25, 0.3) is 0 Å². The normalized spacial score (nSPS) is 12.3. The number of amides is 1. The van der Waals surface area contributed by atoms with Crippen LogP contribution in [0.2, 0.25) is 0 Å². The van der Waals surface area contributed by atoms with E-state index >= 15 is 0 Å². The van der Waals surface area contributed by atoms with Gasteiger partial charge in [-0.1, -0.05) is 25.1 Å². The summed E-state index contributed by atoms with van der Waals surface area (Å²) in [6.07, 6.45) is 0.620. The zero-order valence-corrected chi connectivity index (χ0v) is 15.4. The van der Waals surface area contributed by atoms with Crippen LogP contribution in [0, 0.1) is 11.7 Å². The summed E-state index contributed by atoms with van der Waals surface area (Å²) in [5.41, 5.74) is 0.670. The molecular formula is C19H20FN3O2S. The van der Waals surface area contributed by atoms with Crippen molar-refractivity contribution in [3.05, 3.63) is 58.4 Å². The van der Waals surface area contributed by atoms with Crippen molar-refractivity contribution in [2.75, 3.05) is 0 Å². The second kappa shape index (κ2) is 8.23. The van der Waals surface area contributed by atoms with Crippen molar-refractivity contribution in [3.63, 3.8) is 0 Å². The van der Waals surface area contributed by atoms with Crippen LogP contribution >= 0.6 is 11.3 Å². The monoisotopic (exact) mass is 373 g/mol. The van der Waals surface area contributed by atoms with Crippen molar-refractivity contribution in [2.24, 2.45) is 5.92 Å². The molecule has 3 rings (SSSR count). The molecule has 26 heavy (non-hydrogen) atoms. The quantitative estimate of drug-likeness (QED) is 0.667. The van der Waals surface area contributed by atoms with Gasteiger partial charge in [-0.15, -0.1) is 11.3 Å². The SMILES string of the molecule is CC(C)[C@@H](NC(=O)CCc1nc(-c2ccc(F)cc2)no1)c1cccs1. The summed E-state index contributed by atoms with van der Waals surface area (Å²) in [5.74, 6) is 0.694. The number of rotatable bonds is 7. The lowest BCUT2D eigenvalue weighted by molar-refractivity contribution is -0.122. The lowest BCUT2D eigenvalue weighted by Gasteiger charge is -2.21. The van der Waals surface area contributed by atoms with Crippen LogP contribution in [0.3, 0.4) is 0 Å². The smallest absolute Gasteiger partial charge is 0.227 e. The summed E-state index contributed by atoms with van der Waals surface area (Å²) < 4.78 is 18.2. The van der Waals surface area contributed by atoms with Gasteiger partial charge in [-0.25, -0.2) is 4.39 Å². The van der Waals surface area contributed by atoms with E-state index in [1.165, 1.54) is 12.1 Å². The molecule has 5 nitrogen and oxygen atoms in total. The van der Waals surface area contributed by atoms with E-state index in [0.717, 1.165) is 4.88 Å². The first kappa shape index (κ1) is 18.3. The largest absolute Gasteiger partial charge is 0.348 e. The van der Waals surface area contributed by atoms with E-state index < -0.39 is 0 Å². The highest BCUT2D eigenvalue weighted by molar-refractivity contribution is 7.10. The Balaban J connectivity index is 1.57. The van der Waals surface area contributed by atoms with Crippen molar-refractivity contribution in [3.8, 4) is 11.4 Å². The zero-order valence-electron chi connectivity index (χ0n) is 14.6. The van der Waals surface area contributed by atoms with Gasteiger partial charge in [-0.05, 0) is 41.6 Å². The highest BCUT2D eigenvalue weighted by Crippen LogP contribution is 2.26. The van der Waals surface area contributed by atoms with Crippen LogP contribution in [-0.2, 0) is 11.2 Å². The number of halogens is 1. The van der Waals surface area contributed by atoms with Crippen molar-refractivity contribution >= 4 is 17.2 Å². The number of aryl methyl sites for hydroxylation is 1. The second-order valence-corrected chi connectivity index (χ2v) is 7.30. The van der Waals surface area contributed by atoms with Gasteiger partial charge in [0.2, 0.25) is 17.6 Å². The molecule has 0 bridgehead atoms. The molecule has 0 unspecified atom stereocenters. The topological polar surface area (TPSA) is 68.0 Å². The average Bonchev–Trinajstić information content (AvgIpc) is 3.30. The molecule has 2 heterocycles.